The summed E-state index contributed by atoms with van der Waals surface area (Å²) in [6.45, 7) is 2.53. The van der Waals surface area contributed by atoms with Crippen molar-refractivity contribution >= 4 is 11.6 Å². The van der Waals surface area contributed by atoms with E-state index in [-0.39, 0.29) is 18.3 Å². The SMILES string of the molecule is O=C(COc1ccc(F)c(F)c1)N1CCN(c2ccccc2)CC1. The molecule has 1 heterocycles. The number of carbonyl (C=O) groups excluding carboxylic acids is 1. The largest absolute Gasteiger partial charge is 0.484 e. The molecule has 0 saturated carbocycles. The van der Waals surface area contributed by atoms with Crippen LogP contribution in [0.5, 0.6) is 5.75 Å². The highest BCUT2D eigenvalue weighted by Crippen LogP contribution is 2.17. The van der Waals surface area contributed by atoms with Gasteiger partial charge in [-0.05, 0) is 24.3 Å². The van der Waals surface area contributed by atoms with Crippen molar-refractivity contribution in [3.8, 4) is 5.75 Å². The number of amides is 1. The molecule has 1 fully saturated rings. The summed E-state index contributed by atoms with van der Waals surface area (Å²) in [4.78, 5) is 16.1. The van der Waals surface area contributed by atoms with Gasteiger partial charge in [0.15, 0.2) is 18.2 Å². The van der Waals surface area contributed by atoms with Crippen molar-refractivity contribution in [2.45, 2.75) is 0 Å². The van der Waals surface area contributed by atoms with Crippen molar-refractivity contribution in [2.24, 2.45) is 0 Å². The first-order valence-electron chi connectivity index (χ1n) is 7.79. The van der Waals surface area contributed by atoms with E-state index in [1.807, 2.05) is 30.3 Å². The van der Waals surface area contributed by atoms with Crippen molar-refractivity contribution in [1.82, 2.24) is 4.90 Å². The molecule has 0 atom stereocenters. The van der Waals surface area contributed by atoms with Crippen molar-refractivity contribution in [3.63, 3.8) is 0 Å². The molecule has 24 heavy (non-hydrogen) atoms. The van der Waals surface area contributed by atoms with E-state index < -0.39 is 11.6 Å². The molecule has 4 nitrogen and oxygen atoms in total. The standard InChI is InChI=1S/C18H18F2N2O2/c19-16-7-6-15(12-17(16)20)24-13-18(23)22-10-8-21(9-11-22)14-4-2-1-3-5-14/h1-7,12H,8-11,13H2. The summed E-state index contributed by atoms with van der Waals surface area (Å²) in [5.74, 6) is -1.94. The number of para-hydroxylation sites is 1. The monoisotopic (exact) mass is 332 g/mol. The van der Waals surface area contributed by atoms with Gasteiger partial charge in [0.25, 0.3) is 5.91 Å². The van der Waals surface area contributed by atoms with Gasteiger partial charge in [-0.15, -0.1) is 0 Å². The number of piperazine rings is 1. The van der Waals surface area contributed by atoms with Gasteiger partial charge in [0.05, 0.1) is 0 Å². The van der Waals surface area contributed by atoms with Crippen LogP contribution in [0.1, 0.15) is 0 Å². The number of halogens is 2. The third kappa shape index (κ3) is 3.82. The molecule has 0 bridgehead atoms. The van der Waals surface area contributed by atoms with Gasteiger partial charge in [0, 0.05) is 37.9 Å². The Morgan fingerprint density at radius 2 is 1.67 bits per heavy atom. The van der Waals surface area contributed by atoms with Crippen LogP contribution in [-0.4, -0.2) is 43.6 Å². The van der Waals surface area contributed by atoms with Crippen LogP contribution in [0.25, 0.3) is 0 Å². The second-order valence-corrected chi connectivity index (χ2v) is 5.57. The van der Waals surface area contributed by atoms with Gasteiger partial charge in [-0.3, -0.25) is 4.79 Å². The lowest BCUT2D eigenvalue weighted by Crippen LogP contribution is -2.50. The molecule has 0 unspecified atom stereocenters. The van der Waals surface area contributed by atoms with Crippen LogP contribution >= 0.6 is 0 Å². The van der Waals surface area contributed by atoms with E-state index in [4.69, 9.17) is 4.74 Å². The van der Waals surface area contributed by atoms with Crippen molar-refractivity contribution in [3.05, 3.63) is 60.2 Å². The number of anilines is 1. The van der Waals surface area contributed by atoms with Gasteiger partial charge in [0.2, 0.25) is 0 Å². The predicted molar refractivity (Wildman–Crippen MR) is 87.1 cm³/mol. The molecule has 2 aromatic carbocycles. The second-order valence-electron chi connectivity index (χ2n) is 5.57. The fourth-order valence-electron chi connectivity index (χ4n) is 2.66. The Kier molecular flexibility index (Phi) is 4.93. The first kappa shape index (κ1) is 16.2. The first-order chi connectivity index (χ1) is 11.6. The number of hydrogen-bond donors (Lipinski definition) is 0. The highest BCUT2D eigenvalue weighted by atomic mass is 19.2. The maximum Gasteiger partial charge on any atom is 0.260 e. The lowest BCUT2D eigenvalue weighted by molar-refractivity contribution is -0.133. The zero-order valence-electron chi connectivity index (χ0n) is 13.1. The van der Waals surface area contributed by atoms with Crippen LogP contribution in [0.2, 0.25) is 0 Å². The third-order valence-electron chi connectivity index (χ3n) is 4.01. The highest BCUT2D eigenvalue weighted by Gasteiger charge is 2.21. The minimum atomic E-state index is -0.989. The van der Waals surface area contributed by atoms with Gasteiger partial charge in [-0.25, -0.2) is 8.78 Å². The quantitative estimate of drug-likeness (QED) is 0.863. The lowest BCUT2D eigenvalue weighted by atomic mass is 10.2. The molecule has 2 aromatic rings. The zero-order chi connectivity index (χ0) is 16.9. The summed E-state index contributed by atoms with van der Waals surface area (Å²) in [6, 6.07) is 13.3. The minimum absolute atomic E-state index is 0.144. The molecule has 0 N–H and O–H groups in total. The van der Waals surface area contributed by atoms with E-state index in [0.29, 0.717) is 13.1 Å². The van der Waals surface area contributed by atoms with Crippen molar-refractivity contribution in [2.75, 3.05) is 37.7 Å². The molecule has 1 aliphatic heterocycles. The van der Waals surface area contributed by atoms with Crippen molar-refractivity contribution < 1.29 is 18.3 Å². The first-order valence-corrected chi connectivity index (χ1v) is 7.79. The zero-order valence-corrected chi connectivity index (χ0v) is 13.1. The molecule has 1 saturated heterocycles. The summed E-state index contributed by atoms with van der Waals surface area (Å²) in [5, 5.41) is 0. The van der Waals surface area contributed by atoms with E-state index in [2.05, 4.69) is 4.90 Å². The molecule has 1 aliphatic rings. The van der Waals surface area contributed by atoms with Crippen LogP contribution in [0, 0.1) is 11.6 Å². The maximum absolute atomic E-state index is 13.1. The fraction of sp³-hybridized carbons (Fsp3) is 0.278. The van der Waals surface area contributed by atoms with Gasteiger partial charge < -0.3 is 14.5 Å². The average Bonchev–Trinajstić information content (AvgIpc) is 2.63. The van der Waals surface area contributed by atoms with Crippen LogP contribution in [0.15, 0.2) is 48.5 Å². The van der Waals surface area contributed by atoms with E-state index in [9.17, 15) is 13.6 Å². The number of rotatable bonds is 4. The molecule has 126 valence electrons. The van der Waals surface area contributed by atoms with E-state index in [1.165, 1.54) is 6.07 Å². The predicted octanol–water partition coefficient (Wildman–Crippen LogP) is 2.69. The topological polar surface area (TPSA) is 32.8 Å². The van der Waals surface area contributed by atoms with Crippen LogP contribution in [0.4, 0.5) is 14.5 Å². The molecule has 0 aromatic heterocycles. The summed E-state index contributed by atoms with van der Waals surface area (Å²) in [6.07, 6.45) is 0. The maximum atomic E-state index is 13.1. The molecule has 0 spiro atoms. The number of hydrogen-bond acceptors (Lipinski definition) is 3. The van der Waals surface area contributed by atoms with E-state index >= 15 is 0 Å². The van der Waals surface area contributed by atoms with Gasteiger partial charge in [-0.2, -0.15) is 0 Å². The highest BCUT2D eigenvalue weighted by molar-refractivity contribution is 5.78. The fourth-order valence-corrected chi connectivity index (χ4v) is 2.66. The number of ether oxygens (including phenoxy) is 1. The van der Waals surface area contributed by atoms with E-state index in [1.54, 1.807) is 4.90 Å². The molecule has 1 amide bonds. The summed E-state index contributed by atoms with van der Waals surface area (Å²) in [5.41, 5.74) is 1.14. The summed E-state index contributed by atoms with van der Waals surface area (Å²) in [7, 11) is 0. The molecule has 0 aliphatic carbocycles. The molecular weight excluding hydrogens is 314 g/mol. The van der Waals surface area contributed by atoms with Crippen LogP contribution in [0.3, 0.4) is 0 Å². The third-order valence-corrected chi connectivity index (χ3v) is 4.01. The van der Waals surface area contributed by atoms with Gasteiger partial charge in [0.1, 0.15) is 5.75 Å². The number of benzene rings is 2. The van der Waals surface area contributed by atoms with Gasteiger partial charge >= 0.3 is 0 Å². The lowest BCUT2D eigenvalue weighted by Gasteiger charge is -2.36. The second kappa shape index (κ2) is 7.29. The Labute approximate surface area is 139 Å². The van der Waals surface area contributed by atoms with Gasteiger partial charge in [-0.1, -0.05) is 18.2 Å². The molecule has 3 rings (SSSR count). The Hall–Kier alpha value is -2.63. The van der Waals surface area contributed by atoms with Crippen LogP contribution < -0.4 is 9.64 Å². The number of nitrogens with zero attached hydrogens (tertiary/aromatic N) is 2. The van der Waals surface area contributed by atoms with Crippen molar-refractivity contribution in [1.29, 1.82) is 0 Å². The summed E-state index contributed by atoms with van der Waals surface area (Å²) < 4.78 is 31.2. The Balaban J connectivity index is 1.49. The minimum Gasteiger partial charge on any atom is -0.484 e. The molecule has 6 heteroatoms. The normalized spacial score (nSPS) is 14.6. The molecular formula is C18H18F2N2O2. The smallest absolute Gasteiger partial charge is 0.260 e. The number of carbonyl (C=O) groups is 1. The Morgan fingerprint density at radius 3 is 2.33 bits per heavy atom. The van der Waals surface area contributed by atoms with Crippen LogP contribution in [-0.2, 0) is 4.79 Å². The average molecular weight is 332 g/mol. The Bertz CT molecular complexity index is 701. The summed E-state index contributed by atoms with van der Waals surface area (Å²) >= 11 is 0. The Morgan fingerprint density at radius 1 is 0.958 bits per heavy atom. The van der Waals surface area contributed by atoms with E-state index in [0.717, 1.165) is 30.9 Å². The molecule has 0 radical (unpaired) electrons.